The highest BCUT2D eigenvalue weighted by molar-refractivity contribution is 5.29. The standard InChI is InChI=1S/C12H12FN3O/c1-8-6-11(14)16-12(15-8)7-17-10-4-2-9(13)3-5-10/h2-6H,7H2,1H3,(H2,14,15,16). The number of aryl methyl sites for hydroxylation is 1. The monoisotopic (exact) mass is 233 g/mol. The fourth-order valence-electron chi connectivity index (χ4n) is 1.40. The lowest BCUT2D eigenvalue weighted by Gasteiger charge is -2.06. The topological polar surface area (TPSA) is 61.0 Å². The Bertz CT molecular complexity index is 493. The number of nitrogen functional groups attached to an aromatic ring is 1. The van der Waals surface area contributed by atoms with Gasteiger partial charge in [0.1, 0.15) is 24.0 Å². The van der Waals surface area contributed by atoms with Gasteiger partial charge in [0.15, 0.2) is 5.82 Å². The molecule has 0 aliphatic heterocycles. The van der Waals surface area contributed by atoms with E-state index in [1.807, 2.05) is 6.92 Å². The Morgan fingerprint density at radius 3 is 2.59 bits per heavy atom. The summed E-state index contributed by atoms with van der Waals surface area (Å²) in [5, 5.41) is 0. The van der Waals surface area contributed by atoms with E-state index in [1.54, 1.807) is 18.2 Å². The van der Waals surface area contributed by atoms with Crippen LogP contribution in [0.15, 0.2) is 30.3 Å². The van der Waals surface area contributed by atoms with Gasteiger partial charge in [-0.3, -0.25) is 0 Å². The molecule has 0 aliphatic carbocycles. The van der Waals surface area contributed by atoms with Crippen LogP contribution in [0.3, 0.4) is 0 Å². The summed E-state index contributed by atoms with van der Waals surface area (Å²) in [6.07, 6.45) is 0. The molecule has 2 aromatic rings. The summed E-state index contributed by atoms with van der Waals surface area (Å²) >= 11 is 0. The van der Waals surface area contributed by atoms with E-state index in [0.29, 0.717) is 17.4 Å². The minimum absolute atomic E-state index is 0.206. The fourth-order valence-corrected chi connectivity index (χ4v) is 1.40. The molecular weight excluding hydrogens is 221 g/mol. The third kappa shape index (κ3) is 3.14. The van der Waals surface area contributed by atoms with Gasteiger partial charge in [0.05, 0.1) is 0 Å². The van der Waals surface area contributed by atoms with Crippen LogP contribution in [-0.4, -0.2) is 9.97 Å². The summed E-state index contributed by atoms with van der Waals surface area (Å²) in [6.45, 7) is 2.04. The molecule has 0 atom stereocenters. The molecule has 0 amide bonds. The molecule has 88 valence electrons. The van der Waals surface area contributed by atoms with Crippen molar-refractivity contribution in [3.05, 3.63) is 47.7 Å². The van der Waals surface area contributed by atoms with Crippen molar-refractivity contribution in [2.45, 2.75) is 13.5 Å². The molecule has 4 nitrogen and oxygen atoms in total. The summed E-state index contributed by atoms with van der Waals surface area (Å²) in [7, 11) is 0. The van der Waals surface area contributed by atoms with E-state index in [0.717, 1.165) is 5.69 Å². The molecular formula is C12H12FN3O. The lowest BCUT2D eigenvalue weighted by atomic mass is 10.3. The predicted molar refractivity (Wildman–Crippen MR) is 61.9 cm³/mol. The molecule has 17 heavy (non-hydrogen) atoms. The van der Waals surface area contributed by atoms with E-state index in [1.165, 1.54) is 12.1 Å². The average Bonchev–Trinajstić information content (AvgIpc) is 2.27. The molecule has 2 rings (SSSR count). The van der Waals surface area contributed by atoms with E-state index in [2.05, 4.69) is 9.97 Å². The van der Waals surface area contributed by atoms with Crippen LogP contribution in [0.2, 0.25) is 0 Å². The number of nitrogens with two attached hydrogens (primary N) is 1. The van der Waals surface area contributed by atoms with Crippen LogP contribution in [0.25, 0.3) is 0 Å². The summed E-state index contributed by atoms with van der Waals surface area (Å²) in [5.41, 5.74) is 6.38. The Morgan fingerprint density at radius 1 is 1.24 bits per heavy atom. The van der Waals surface area contributed by atoms with E-state index in [-0.39, 0.29) is 12.4 Å². The van der Waals surface area contributed by atoms with Gasteiger partial charge in [-0.2, -0.15) is 0 Å². The van der Waals surface area contributed by atoms with Crippen LogP contribution in [0.5, 0.6) is 5.75 Å². The Kier molecular flexibility index (Phi) is 3.18. The van der Waals surface area contributed by atoms with E-state index in [4.69, 9.17) is 10.5 Å². The van der Waals surface area contributed by atoms with Gasteiger partial charge in [0, 0.05) is 11.8 Å². The summed E-state index contributed by atoms with van der Waals surface area (Å²) in [5.74, 6) is 1.19. The number of aromatic nitrogens is 2. The molecule has 0 saturated carbocycles. The number of hydrogen-bond donors (Lipinski definition) is 1. The zero-order chi connectivity index (χ0) is 12.3. The van der Waals surface area contributed by atoms with Crippen LogP contribution in [0, 0.1) is 12.7 Å². The first-order chi connectivity index (χ1) is 8.13. The van der Waals surface area contributed by atoms with E-state index < -0.39 is 0 Å². The van der Waals surface area contributed by atoms with E-state index in [9.17, 15) is 4.39 Å². The highest BCUT2D eigenvalue weighted by atomic mass is 19.1. The SMILES string of the molecule is Cc1cc(N)nc(COc2ccc(F)cc2)n1. The van der Waals surface area contributed by atoms with Crippen LogP contribution in [0.1, 0.15) is 11.5 Å². The quantitative estimate of drug-likeness (QED) is 0.881. The van der Waals surface area contributed by atoms with Crippen LogP contribution in [0.4, 0.5) is 10.2 Å². The molecule has 1 aromatic heterocycles. The van der Waals surface area contributed by atoms with Crippen LogP contribution in [-0.2, 0) is 6.61 Å². The van der Waals surface area contributed by atoms with Gasteiger partial charge in [0.2, 0.25) is 0 Å². The maximum absolute atomic E-state index is 12.7. The first kappa shape index (κ1) is 11.3. The molecule has 0 aliphatic rings. The molecule has 0 saturated heterocycles. The number of benzene rings is 1. The Morgan fingerprint density at radius 2 is 1.94 bits per heavy atom. The van der Waals surface area contributed by atoms with Crippen LogP contribution < -0.4 is 10.5 Å². The zero-order valence-corrected chi connectivity index (χ0v) is 9.35. The fraction of sp³-hybridized carbons (Fsp3) is 0.167. The summed E-state index contributed by atoms with van der Waals surface area (Å²) < 4.78 is 18.1. The second kappa shape index (κ2) is 4.78. The minimum Gasteiger partial charge on any atom is -0.486 e. The third-order valence-corrected chi connectivity index (χ3v) is 2.10. The van der Waals surface area contributed by atoms with Crippen molar-refractivity contribution in [1.29, 1.82) is 0 Å². The Hall–Kier alpha value is -2.17. The van der Waals surface area contributed by atoms with Gasteiger partial charge in [0.25, 0.3) is 0 Å². The lowest BCUT2D eigenvalue weighted by Crippen LogP contribution is -2.05. The third-order valence-electron chi connectivity index (χ3n) is 2.10. The lowest BCUT2D eigenvalue weighted by molar-refractivity contribution is 0.295. The van der Waals surface area contributed by atoms with Crippen molar-refractivity contribution in [2.24, 2.45) is 0 Å². The normalized spacial score (nSPS) is 10.2. The molecule has 5 heteroatoms. The molecule has 0 fully saturated rings. The summed E-state index contributed by atoms with van der Waals surface area (Å²) in [4.78, 5) is 8.21. The highest BCUT2D eigenvalue weighted by Gasteiger charge is 2.01. The van der Waals surface area contributed by atoms with Gasteiger partial charge in [-0.15, -0.1) is 0 Å². The van der Waals surface area contributed by atoms with Crippen molar-refractivity contribution >= 4 is 5.82 Å². The molecule has 1 heterocycles. The first-order valence-electron chi connectivity index (χ1n) is 5.12. The molecule has 0 bridgehead atoms. The van der Waals surface area contributed by atoms with Crippen LogP contribution >= 0.6 is 0 Å². The zero-order valence-electron chi connectivity index (χ0n) is 9.35. The van der Waals surface area contributed by atoms with Gasteiger partial charge in [-0.1, -0.05) is 0 Å². The minimum atomic E-state index is -0.298. The number of halogens is 1. The number of ether oxygens (including phenoxy) is 1. The van der Waals surface area contributed by atoms with Gasteiger partial charge >= 0.3 is 0 Å². The second-order valence-corrected chi connectivity index (χ2v) is 3.59. The van der Waals surface area contributed by atoms with E-state index >= 15 is 0 Å². The molecule has 1 aromatic carbocycles. The van der Waals surface area contributed by atoms with Crippen molar-refractivity contribution in [3.8, 4) is 5.75 Å². The number of rotatable bonds is 3. The smallest absolute Gasteiger partial charge is 0.168 e. The maximum atomic E-state index is 12.7. The maximum Gasteiger partial charge on any atom is 0.168 e. The van der Waals surface area contributed by atoms with Gasteiger partial charge in [-0.25, -0.2) is 14.4 Å². The van der Waals surface area contributed by atoms with Gasteiger partial charge < -0.3 is 10.5 Å². The average molecular weight is 233 g/mol. The van der Waals surface area contributed by atoms with Crippen molar-refractivity contribution in [3.63, 3.8) is 0 Å². The molecule has 0 spiro atoms. The first-order valence-corrected chi connectivity index (χ1v) is 5.12. The summed E-state index contributed by atoms with van der Waals surface area (Å²) in [6, 6.07) is 7.45. The number of hydrogen-bond acceptors (Lipinski definition) is 4. The Balaban J connectivity index is 2.04. The molecule has 2 N–H and O–H groups in total. The van der Waals surface area contributed by atoms with Gasteiger partial charge in [-0.05, 0) is 31.2 Å². The Labute approximate surface area is 98.3 Å². The van der Waals surface area contributed by atoms with Crippen molar-refractivity contribution < 1.29 is 9.13 Å². The highest BCUT2D eigenvalue weighted by Crippen LogP contribution is 2.12. The van der Waals surface area contributed by atoms with Crippen molar-refractivity contribution in [1.82, 2.24) is 9.97 Å². The second-order valence-electron chi connectivity index (χ2n) is 3.59. The molecule has 0 unspecified atom stereocenters. The number of nitrogens with zero attached hydrogens (tertiary/aromatic N) is 2. The largest absolute Gasteiger partial charge is 0.486 e. The predicted octanol–water partition coefficient (Wildman–Crippen LogP) is 2.09. The molecule has 0 radical (unpaired) electrons. The number of anilines is 1. The van der Waals surface area contributed by atoms with Crippen molar-refractivity contribution in [2.75, 3.05) is 5.73 Å².